The van der Waals surface area contributed by atoms with Crippen molar-refractivity contribution in [2.75, 3.05) is 7.11 Å². The van der Waals surface area contributed by atoms with Crippen molar-refractivity contribution in [3.63, 3.8) is 0 Å². The van der Waals surface area contributed by atoms with Crippen LogP contribution in [-0.2, 0) is 22.0 Å². The average molecular weight is 437 g/mol. The first kappa shape index (κ1) is 21.8. The van der Waals surface area contributed by atoms with Crippen LogP contribution in [0.5, 0.6) is 5.75 Å². The summed E-state index contributed by atoms with van der Waals surface area (Å²) in [5, 5.41) is 6.13. The lowest BCUT2D eigenvalue weighted by molar-refractivity contribution is -0.120. The summed E-state index contributed by atoms with van der Waals surface area (Å²) in [6.07, 6.45) is 2.95. The van der Waals surface area contributed by atoms with E-state index in [1.165, 1.54) is 35.1 Å². The number of fused-ring (bicyclic) bond motifs is 1. The lowest BCUT2D eigenvalue weighted by atomic mass is 9.62. The smallest absolute Gasteiger partial charge is 0.249 e. The summed E-state index contributed by atoms with van der Waals surface area (Å²) < 4.78 is 5.74. The number of rotatable bonds is 4. The van der Waals surface area contributed by atoms with E-state index in [0.717, 1.165) is 16.9 Å². The molecule has 2 aromatic rings. The van der Waals surface area contributed by atoms with Gasteiger partial charge in [-0.05, 0) is 88.8 Å². The van der Waals surface area contributed by atoms with Crippen molar-refractivity contribution in [1.29, 1.82) is 0 Å². The fourth-order valence-corrected chi connectivity index (χ4v) is 5.19. The van der Waals surface area contributed by atoms with E-state index < -0.39 is 0 Å². The molecule has 2 aromatic carbocycles. The van der Waals surface area contributed by atoms with E-state index in [1.807, 2.05) is 12.1 Å². The third-order valence-corrected chi connectivity index (χ3v) is 7.27. The predicted octanol–water partition coefficient (Wildman–Crippen LogP) is 4.94. The number of carbonyl (C=O) groups is 1. The quantitative estimate of drug-likeness (QED) is 0.667. The minimum atomic E-state index is -0.335. The first-order valence-corrected chi connectivity index (χ1v) is 11.4. The molecule has 1 aliphatic carbocycles. The lowest BCUT2D eigenvalue weighted by Crippen LogP contribution is -2.34. The Morgan fingerprint density at radius 2 is 1.68 bits per heavy atom. The molecule has 31 heavy (non-hydrogen) atoms. The van der Waals surface area contributed by atoms with Crippen molar-refractivity contribution in [1.82, 2.24) is 10.6 Å². The largest absolute Gasteiger partial charge is 0.496 e. The molecule has 1 saturated heterocycles. The van der Waals surface area contributed by atoms with Crippen molar-refractivity contribution < 1.29 is 9.53 Å². The summed E-state index contributed by atoms with van der Waals surface area (Å²) in [7, 11) is 1.71. The van der Waals surface area contributed by atoms with Gasteiger partial charge in [-0.2, -0.15) is 0 Å². The van der Waals surface area contributed by atoms with Gasteiger partial charge in [-0.25, -0.2) is 0 Å². The van der Waals surface area contributed by atoms with Gasteiger partial charge in [0.15, 0.2) is 5.11 Å². The predicted molar refractivity (Wildman–Crippen MR) is 130 cm³/mol. The first-order chi connectivity index (χ1) is 14.5. The number of hydrogen-bond donors (Lipinski definition) is 2. The van der Waals surface area contributed by atoms with Crippen molar-refractivity contribution in [3.05, 3.63) is 52.6 Å². The molecular weight excluding hydrogens is 404 g/mol. The van der Waals surface area contributed by atoms with Crippen LogP contribution in [0.4, 0.5) is 0 Å². The zero-order chi connectivity index (χ0) is 22.6. The molecule has 0 aromatic heterocycles. The van der Waals surface area contributed by atoms with Gasteiger partial charge in [0.25, 0.3) is 0 Å². The summed E-state index contributed by atoms with van der Waals surface area (Å²) in [5.74, 6) is 0.773. The number of ether oxygens (including phenoxy) is 1. The van der Waals surface area contributed by atoms with Crippen LogP contribution in [0, 0.1) is 6.92 Å². The van der Waals surface area contributed by atoms with Crippen molar-refractivity contribution in [3.8, 4) is 16.9 Å². The second kappa shape index (κ2) is 7.63. The number of benzene rings is 2. The number of thiocarbonyl (C=S) groups is 1. The molecule has 4 rings (SSSR count). The summed E-state index contributed by atoms with van der Waals surface area (Å²) >= 11 is 5.08. The third kappa shape index (κ3) is 3.96. The Labute approximate surface area is 190 Å². The molecule has 2 aliphatic rings. The molecular formula is C26H32N2O2S. The zero-order valence-electron chi connectivity index (χ0n) is 19.3. The third-order valence-electron chi connectivity index (χ3n) is 7.05. The molecule has 1 atom stereocenters. The van der Waals surface area contributed by atoms with Crippen LogP contribution in [0.3, 0.4) is 0 Å². The molecule has 1 fully saturated rings. The number of aryl methyl sites for hydroxylation is 1. The van der Waals surface area contributed by atoms with Crippen LogP contribution < -0.4 is 15.4 Å². The van der Waals surface area contributed by atoms with Gasteiger partial charge in [-0.1, -0.05) is 39.8 Å². The molecule has 2 N–H and O–H groups in total. The highest BCUT2D eigenvalue weighted by Crippen LogP contribution is 2.48. The topological polar surface area (TPSA) is 50.4 Å². The normalized spacial score (nSPS) is 21.3. The Balaban J connectivity index is 1.80. The van der Waals surface area contributed by atoms with Gasteiger partial charge in [0.2, 0.25) is 5.91 Å². The monoisotopic (exact) mass is 436 g/mol. The Morgan fingerprint density at radius 1 is 1.03 bits per heavy atom. The van der Waals surface area contributed by atoms with Crippen molar-refractivity contribution >= 4 is 23.2 Å². The Bertz CT molecular complexity index is 1070. The maximum Gasteiger partial charge on any atom is 0.249 e. The molecule has 0 bridgehead atoms. The highest BCUT2D eigenvalue weighted by Gasteiger charge is 2.37. The number of nitrogens with one attached hydrogen (secondary N) is 2. The molecule has 0 spiro atoms. The Hall–Kier alpha value is -2.40. The highest BCUT2D eigenvalue weighted by atomic mass is 32.1. The van der Waals surface area contributed by atoms with Gasteiger partial charge in [0, 0.05) is 12.0 Å². The molecule has 1 amide bonds. The molecule has 164 valence electrons. The molecule has 4 nitrogen and oxygen atoms in total. The van der Waals surface area contributed by atoms with Gasteiger partial charge in [-0.15, -0.1) is 0 Å². The molecule has 1 unspecified atom stereocenters. The van der Waals surface area contributed by atoms with Crippen LogP contribution >= 0.6 is 12.2 Å². The van der Waals surface area contributed by atoms with E-state index in [-0.39, 0.29) is 22.8 Å². The van der Waals surface area contributed by atoms with Gasteiger partial charge in [0.05, 0.1) is 7.11 Å². The van der Waals surface area contributed by atoms with E-state index >= 15 is 0 Å². The van der Waals surface area contributed by atoms with E-state index in [0.29, 0.717) is 11.5 Å². The number of carbonyl (C=O) groups excluding carboxylic acids is 1. The Morgan fingerprint density at radius 3 is 2.26 bits per heavy atom. The minimum Gasteiger partial charge on any atom is -0.496 e. The molecule has 5 heteroatoms. The summed E-state index contributed by atoms with van der Waals surface area (Å²) in [6, 6.07) is 10.6. The van der Waals surface area contributed by atoms with Crippen LogP contribution in [0.2, 0.25) is 0 Å². The van der Waals surface area contributed by atoms with Crippen molar-refractivity contribution in [2.45, 2.75) is 70.8 Å². The fraction of sp³-hybridized carbons (Fsp3) is 0.462. The summed E-state index contributed by atoms with van der Waals surface area (Å²) in [6.45, 7) is 11.6. The number of amides is 1. The van der Waals surface area contributed by atoms with E-state index in [4.69, 9.17) is 17.0 Å². The van der Waals surface area contributed by atoms with E-state index in [9.17, 15) is 4.79 Å². The molecule has 0 radical (unpaired) electrons. The SMILES string of the molecule is COc1ccc(CC2NC(=S)NC2=O)cc1-c1cc2c(cc1C)C(C)(C)CCC2(C)C. The van der Waals surface area contributed by atoms with E-state index in [2.05, 4.69) is 63.5 Å². The maximum absolute atomic E-state index is 12.1. The second-order valence-electron chi connectivity index (χ2n) is 10.2. The fourth-order valence-electron chi connectivity index (χ4n) is 4.94. The zero-order valence-corrected chi connectivity index (χ0v) is 20.1. The first-order valence-electron chi connectivity index (χ1n) is 11.0. The number of methoxy groups -OCH3 is 1. The molecule has 1 heterocycles. The van der Waals surface area contributed by atoms with Crippen LogP contribution in [-0.4, -0.2) is 24.2 Å². The highest BCUT2D eigenvalue weighted by molar-refractivity contribution is 7.80. The lowest BCUT2D eigenvalue weighted by Gasteiger charge is -2.42. The van der Waals surface area contributed by atoms with Crippen molar-refractivity contribution in [2.24, 2.45) is 0 Å². The van der Waals surface area contributed by atoms with Gasteiger partial charge in [-0.3, -0.25) is 4.79 Å². The van der Waals surface area contributed by atoms with Crippen LogP contribution in [0.15, 0.2) is 30.3 Å². The van der Waals surface area contributed by atoms with Crippen LogP contribution in [0.25, 0.3) is 11.1 Å². The average Bonchev–Trinajstić information content (AvgIpc) is 3.02. The van der Waals surface area contributed by atoms with Gasteiger partial charge >= 0.3 is 0 Å². The Kier molecular flexibility index (Phi) is 5.37. The van der Waals surface area contributed by atoms with Gasteiger partial charge < -0.3 is 15.4 Å². The van der Waals surface area contributed by atoms with Crippen LogP contribution in [0.1, 0.15) is 62.8 Å². The second-order valence-corrected chi connectivity index (χ2v) is 10.6. The molecule has 0 saturated carbocycles. The summed E-state index contributed by atoms with van der Waals surface area (Å²) in [5.41, 5.74) is 7.80. The number of hydrogen-bond acceptors (Lipinski definition) is 3. The molecule has 1 aliphatic heterocycles. The standard InChI is InChI=1S/C26H32N2O2S/c1-15-11-19-20(26(4,5)10-9-25(19,2)3)14-17(15)18-12-16(7-8-22(18)30-6)13-21-23(29)28-24(31)27-21/h7-8,11-12,14,21H,9-10,13H2,1-6H3,(H2,27,28,29,31). The summed E-state index contributed by atoms with van der Waals surface area (Å²) in [4.78, 5) is 12.1. The minimum absolute atomic E-state index is 0.0729. The van der Waals surface area contributed by atoms with Gasteiger partial charge in [0.1, 0.15) is 11.8 Å². The van der Waals surface area contributed by atoms with E-state index in [1.54, 1.807) is 7.11 Å². The maximum atomic E-state index is 12.1.